The average Bonchev–Trinajstić information content (AvgIpc) is 2.80. The Morgan fingerprint density at radius 3 is 2.26 bits per heavy atom. The first kappa shape index (κ1) is 21.9. The van der Waals surface area contributed by atoms with Crippen LogP contribution in [0.15, 0.2) is 72.8 Å². The van der Waals surface area contributed by atoms with Crippen LogP contribution in [0, 0.1) is 0 Å². The van der Waals surface area contributed by atoms with Crippen LogP contribution in [0.25, 0.3) is 0 Å². The maximum atomic E-state index is 12.7. The molecule has 2 amide bonds. The van der Waals surface area contributed by atoms with E-state index in [1.54, 1.807) is 50.6 Å². The van der Waals surface area contributed by atoms with E-state index in [0.717, 1.165) is 17.5 Å². The Kier molecular flexibility index (Phi) is 7.65. The van der Waals surface area contributed by atoms with Gasteiger partial charge in [-0.15, -0.1) is 0 Å². The van der Waals surface area contributed by atoms with E-state index in [1.807, 2.05) is 36.4 Å². The molecule has 0 aliphatic heterocycles. The first-order chi connectivity index (χ1) is 15.1. The smallest absolute Gasteiger partial charge is 0.253 e. The standard InChI is InChI=1S/C25H26N2O4/c1-30-22-13-12-19(16-23(22)31-2)17-24(28)27-21-11-7-6-10-20(21)25(29)26-15-14-18-8-4-3-5-9-18/h3-13,16H,14-15,17H2,1-2H3,(H,26,29)(H,27,28). The molecule has 0 fully saturated rings. The normalized spacial score (nSPS) is 10.3. The number of ether oxygens (including phenoxy) is 2. The number of amides is 2. The molecule has 2 N–H and O–H groups in total. The Bertz CT molecular complexity index is 1030. The van der Waals surface area contributed by atoms with Crippen LogP contribution in [0.1, 0.15) is 21.5 Å². The number of anilines is 1. The summed E-state index contributed by atoms with van der Waals surface area (Å²) >= 11 is 0. The van der Waals surface area contributed by atoms with Crippen molar-refractivity contribution in [2.75, 3.05) is 26.1 Å². The minimum Gasteiger partial charge on any atom is -0.493 e. The predicted octanol–water partition coefficient (Wildman–Crippen LogP) is 3.86. The molecule has 0 radical (unpaired) electrons. The summed E-state index contributed by atoms with van der Waals surface area (Å²) in [6.07, 6.45) is 0.880. The lowest BCUT2D eigenvalue weighted by Crippen LogP contribution is -2.27. The molecule has 0 bridgehead atoms. The van der Waals surface area contributed by atoms with Crippen LogP contribution in [0.3, 0.4) is 0 Å². The summed E-state index contributed by atoms with van der Waals surface area (Å²) in [5.74, 6) is 0.713. The van der Waals surface area contributed by atoms with E-state index in [1.165, 1.54) is 0 Å². The number of hydrogen-bond acceptors (Lipinski definition) is 4. The molecule has 6 heteroatoms. The van der Waals surface area contributed by atoms with Crippen LogP contribution in [0.2, 0.25) is 0 Å². The molecule has 0 atom stereocenters. The highest BCUT2D eigenvalue weighted by Gasteiger charge is 2.14. The van der Waals surface area contributed by atoms with Crippen molar-refractivity contribution in [1.29, 1.82) is 0 Å². The summed E-state index contributed by atoms with van der Waals surface area (Å²) in [5.41, 5.74) is 2.83. The molecule has 3 aromatic carbocycles. The number of nitrogens with one attached hydrogen (secondary N) is 2. The molecule has 0 heterocycles. The molecule has 3 aromatic rings. The summed E-state index contributed by atoms with van der Waals surface area (Å²) < 4.78 is 10.5. The molecule has 0 saturated carbocycles. The second-order valence-corrected chi connectivity index (χ2v) is 6.95. The van der Waals surface area contributed by atoms with Gasteiger partial charge in [-0.25, -0.2) is 0 Å². The van der Waals surface area contributed by atoms with Crippen LogP contribution in [-0.4, -0.2) is 32.6 Å². The molecule has 0 aliphatic carbocycles. The van der Waals surface area contributed by atoms with Crippen molar-refractivity contribution >= 4 is 17.5 Å². The lowest BCUT2D eigenvalue weighted by atomic mass is 10.1. The number of carbonyl (C=O) groups is 2. The third-order valence-corrected chi connectivity index (χ3v) is 4.80. The number of benzene rings is 3. The van der Waals surface area contributed by atoms with Crippen LogP contribution >= 0.6 is 0 Å². The van der Waals surface area contributed by atoms with Crippen LogP contribution < -0.4 is 20.1 Å². The summed E-state index contributed by atoms with van der Waals surface area (Å²) in [6.45, 7) is 0.511. The topological polar surface area (TPSA) is 76.7 Å². The van der Waals surface area contributed by atoms with Gasteiger partial charge in [0.05, 0.1) is 31.9 Å². The van der Waals surface area contributed by atoms with Crippen molar-refractivity contribution in [3.63, 3.8) is 0 Å². The monoisotopic (exact) mass is 418 g/mol. The number of hydrogen-bond donors (Lipinski definition) is 2. The minimum atomic E-state index is -0.225. The zero-order valence-electron chi connectivity index (χ0n) is 17.7. The zero-order valence-corrected chi connectivity index (χ0v) is 17.7. The second-order valence-electron chi connectivity index (χ2n) is 6.95. The molecule has 0 aliphatic rings. The van der Waals surface area contributed by atoms with E-state index in [9.17, 15) is 9.59 Å². The van der Waals surface area contributed by atoms with Crippen LogP contribution in [0.5, 0.6) is 11.5 Å². The van der Waals surface area contributed by atoms with Gasteiger partial charge >= 0.3 is 0 Å². The predicted molar refractivity (Wildman–Crippen MR) is 121 cm³/mol. The highest BCUT2D eigenvalue weighted by molar-refractivity contribution is 6.04. The van der Waals surface area contributed by atoms with E-state index < -0.39 is 0 Å². The third kappa shape index (κ3) is 6.09. The fraction of sp³-hybridized carbons (Fsp3) is 0.200. The zero-order chi connectivity index (χ0) is 22.1. The van der Waals surface area contributed by atoms with Crippen molar-refractivity contribution in [1.82, 2.24) is 5.32 Å². The molecule has 0 unspecified atom stereocenters. The highest BCUT2D eigenvalue weighted by atomic mass is 16.5. The summed E-state index contributed by atoms with van der Waals surface area (Å²) in [6, 6.07) is 22.3. The Labute approximate surface area is 182 Å². The number of rotatable bonds is 9. The molecule has 0 saturated heterocycles. The highest BCUT2D eigenvalue weighted by Crippen LogP contribution is 2.28. The van der Waals surface area contributed by atoms with Gasteiger partial charge in [0.2, 0.25) is 5.91 Å². The Morgan fingerprint density at radius 2 is 1.52 bits per heavy atom. The van der Waals surface area contributed by atoms with Gasteiger partial charge in [-0.2, -0.15) is 0 Å². The van der Waals surface area contributed by atoms with Gasteiger partial charge in [0.25, 0.3) is 5.91 Å². The van der Waals surface area contributed by atoms with E-state index in [4.69, 9.17) is 9.47 Å². The van der Waals surface area contributed by atoms with Crippen LogP contribution in [-0.2, 0) is 17.6 Å². The number of carbonyl (C=O) groups excluding carboxylic acids is 2. The minimum absolute atomic E-state index is 0.143. The fourth-order valence-corrected chi connectivity index (χ4v) is 3.22. The summed E-state index contributed by atoms with van der Waals surface area (Å²) in [5, 5.41) is 5.76. The van der Waals surface area contributed by atoms with Crippen LogP contribution in [0.4, 0.5) is 5.69 Å². The first-order valence-electron chi connectivity index (χ1n) is 10.0. The van der Waals surface area contributed by atoms with Gasteiger partial charge in [-0.1, -0.05) is 48.5 Å². The van der Waals surface area contributed by atoms with Gasteiger partial charge < -0.3 is 20.1 Å². The lowest BCUT2D eigenvalue weighted by molar-refractivity contribution is -0.115. The molecular weight excluding hydrogens is 392 g/mol. The SMILES string of the molecule is COc1ccc(CC(=O)Nc2ccccc2C(=O)NCCc2ccccc2)cc1OC. The van der Waals surface area contributed by atoms with Gasteiger partial charge in [0.15, 0.2) is 11.5 Å². The maximum Gasteiger partial charge on any atom is 0.253 e. The van der Waals surface area contributed by atoms with E-state index in [2.05, 4.69) is 10.6 Å². The second kappa shape index (κ2) is 10.8. The molecule has 31 heavy (non-hydrogen) atoms. The fourth-order valence-electron chi connectivity index (χ4n) is 3.22. The first-order valence-corrected chi connectivity index (χ1v) is 10.0. The summed E-state index contributed by atoms with van der Waals surface area (Å²) in [7, 11) is 3.11. The Hall–Kier alpha value is -3.80. The van der Waals surface area contributed by atoms with Gasteiger partial charge in [-0.05, 0) is 41.8 Å². The van der Waals surface area contributed by atoms with E-state index in [0.29, 0.717) is 29.3 Å². The molecular formula is C25H26N2O4. The largest absolute Gasteiger partial charge is 0.493 e. The van der Waals surface area contributed by atoms with E-state index in [-0.39, 0.29) is 18.2 Å². The van der Waals surface area contributed by atoms with Gasteiger partial charge in [-0.3, -0.25) is 9.59 Å². The molecule has 6 nitrogen and oxygen atoms in total. The third-order valence-electron chi connectivity index (χ3n) is 4.80. The molecule has 160 valence electrons. The van der Waals surface area contributed by atoms with E-state index >= 15 is 0 Å². The average molecular weight is 418 g/mol. The van der Waals surface area contributed by atoms with Crippen molar-refractivity contribution in [3.05, 3.63) is 89.5 Å². The number of para-hydroxylation sites is 1. The lowest BCUT2D eigenvalue weighted by Gasteiger charge is -2.12. The number of methoxy groups -OCH3 is 2. The van der Waals surface area contributed by atoms with Crippen molar-refractivity contribution < 1.29 is 19.1 Å². The molecule has 3 rings (SSSR count). The van der Waals surface area contributed by atoms with Gasteiger partial charge in [0.1, 0.15) is 0 Å². The Morgan fingerprint density at radius 1 is 0.806 bits per heavy atom. The Balaban J connectivity index is 1.61. The quantitative estimate of drug-likeness (QED) is 0.553. The molecule has 0 aromatic heterocycles. The molecule has 0 spiro atoms. The summed E-state index contributed by atoms with van der Waals surface area (Å²) in [4.78, 5) is 25.3. The van der Waals surface area contributed by atoms with Crippen molar-refractivity contribution in [2.45, 2.75) is 12.8 Å². The maximum absolute atomic E-state index is 12.7. The van der Waals surface area contributed by atoms with Gasteiger partial charge in [0, 0.05) is 6.54 Å². The van der Waals surface area contributed by atoms with Crippen molar-refractivity contribution in [2.24, 2.45) is 0 Å². The van der Waals surface area contributed by atoms with Crippen molar-refractivity contribution in [3.8, 4) is 11.5 Å².